The van der Waals surface area contributed by atoms with Gasteiger partial charge in [0, 0.05) is 5.56 Å². The van der Waals surface area contributed by atoms with E-state index in [2.05, 4.69) is 14.5 Å². The van der Waals surface area contributed by atoms with Crippen LogP contribution in [0.2, 0.25) is 0 Å². The molecule has 0 bridgehead atoms. The number of imidazole rings is 1. The molecule has 4 aromatic rings. The minimum atomic E-state index is 0.369. The first kappa shape index (κ1) is 17.8. The Morgan fingerprint density at radius 2 is 1.68 bits per heavy atom. The van der Waals surface area contributed by atoms with Crippen molar-refractivity contribution in [3.63, 3.8) is 0 Å². The van der Waals surface area contributed by atoms with Crippen LogP contribution >= 0.6 is 0 Å². The Kier molecular flexibility index (Phi) is 4.57. The number of nitrogens with zero attached hydrogens (tertiary/aromatic N) is 4. The van der Waals surface area contributed by atoms with E-state index < -0.39 is 0 Å². The van der Waals surface area contributed by atoms with Crippen LogP contribution in [-0.2, 0) is 6.54 Å². The molecule has 4 rings (SSSR count). The Hall–Kier alpha value is -3.61. The van der Waals surface area contributed by atoms with E-state index in [0.717, 1.165) is 39.6 Å². The molecule has 7 heteroatoms. The average Bonchev–Trinajstić information content (AvgIpc) is 2.97. The fourth-order valence-electron chi connectivity index (χ4n) is 3.23. The SMILES string of the molecule is Cc1ccccc1OCCn1c(C)nc2ccc(-c3cc(N)nc(N)c3)nc21. The highest BCUT2D eigenvalue weighted by molar-refractivity contribution is 5.77. The first-order chi connectivity index (χ1) is 13.5. The van der Waals surface area contributed by atoms with Gasteiger partial charge >= 0.3 is 0 Å². The molecule has 0 unspecified atom stereocenters. The van der Waals surface area contributed by atoms with Crippen molar-refractivity contribution in [2.24, 2.45) is 0 Å². The monoisotopic (exact) mass is 374 g/mol. The fourth-order valence-corrected chi connectivity index (χ4v) is 3.23. The lowest BCUT2D eigenvalue weighted by Crippen LogP contribution is -2.10. The average molecular weight is 374 g/mol. The molecule has 0 aliphatic heterocycles. The molecule has 0 saturated heterocycles. The van der Waals surface area contributed by atoms with Crippen LogP contribution in [-0.4, -0.2) is 26.1 Å². The summed E-state index contributed by atoms with van der Waals surface area (Å²) in [6.45, 7) is 5.18. The number of pyridine rings is 2. The van der Waals surface area contributed by atoms with Crippen LogP contribution in [0.25, 0.3) is 22.4 Å². The van der Waals surface area contributed by atoms with Gasteiger partial charge in [0.15, 0.2) is 5.65 Å². The van der Waals surface area contributed by atoms with Gasteiger partial charge < -0.3 is 20.8 Å². The van der Waals surface area contributed by atoms with Crippen molar-refractivity contribution in [1.82, 2.24) is 19.5 Å². The number of anilines is 2. The summed E-state index contributed by atoms with van der Waals surface area (Å²) in [5.74, 6) is 2.52. The number of para-hydroxylation sites is 1. The normalized spacial score (nSPS) is 11.1. The van der Waals surface area contributed by atoms with E-state index in [9.17, 15) is 0 Å². The number of aromatic nitrogens is 4. The number of nitrogen functional groups attached to an aromatic ring is 2. The topological polar surface area (TPSA) is 105 Å². The predicted molar refractivity (Wildman–Crippen MR) is 111 cm³/mol. The van der Waals surface area contributed by atoms with Crippen LogP contribution in [0.15, 0.2) is 48.5 Å². The summed E-state index contributed by atoms with van der Waals surface area (Å²) in [5.41, 5.74) is 16.0. The summed E-state index contributed by atoms with van der Waals surface area (Å²) in [6.07, 6.45) is 0. The Balaban J connectivity index is 1.63. The van der Waals surface area contributed by atoms with Gasteiger partial charge in [0.05, 0.1) is 12.2 Å². The number of fused-ring (bicyclic) bond motifs is 1. The summed E-state index contributed by atoms with van der Waals surface area (Å²) in [6, 6.07) is 15.4. The van der Waals surface area contributed by atoms with Crippen molar-refractivity contribution in [2.75, 3.05) is 18.1 Å². The first-order valence-electron chi connectivity index (χ1n) is 9.07. The van der Waals surface area contributed by atoms with Gasteiger partial charge in [-0.1, -0.05) is 18.2 Å². The lowest BCUT2D eigenvalue weighted by atomic mass is 10.1. The van der Waals surface area contributed by atoms with Crippen LogP contribution in [0.4, 0.5) is 11.6 Å². The molecular formula is C21H22N6O. The van der Waals surface area contributed by atoms with Gasteiger partial charge in [-0.2, -0.15) is 0 Å². The molecule has 0 atom stereocenters. The molecule has 142 valence electrons. The maximum Gasteiger partial charge on any atom is 0.160 e. The van der Waals surface area contributed by atoms with Crippen molar-refractivity contribution < 1.29 is 4.74 Å². The van der Waals surface area contributed by atoms with Crippen LogP contribution in [0, 0.1) is 13.8 Å². The Morgan fingerprint density at radius 1 is 0.929 bits per heavy atom. The van der Waals surface area contributed by atoms with Crippen LogP contribution in [0.1, 0.15) is 11.4 Å². The number of nitrogens with two attached hydrogens (primary N) is 2. The van der Waals surface area contributed by atoms with Crippen molar-refractivity contribution in [3.8, 4) is 17.0 Å². The second-order valence-corrected chi connectivity index (χ2v) is 6.67. The van der Waals surface area contributed by atoms with Crippen LogP contribution in [0.3, 0.4) is 0 Å². The standard InChI is InChI=1S/C21H22N6O/c1-13-5-3-4-6-18(13)28-10-9-27-14(2)24-17-8-7-16(25-21(17)27)15-11-19(22)26-20(23)12-15/h3-8,11-12H,9-10H2,1-2H3,(H4,22,23,26). The summed E-state index contributed by atoms with van der Waals surface area (Å²) in [4.78, 5) is 13.4. The van der Waals surface area contributed by atoms with Gasteiger partial charge in [-0.25, -0.2) is 15.0 Å². The van der Waals surface area contributed by atoms with E-state index in [-0.39, 0.29) is 0 Å². The third-order valence-corrected chi connectivity index (χ3v) is 4.61. The summed E-state index contributed by atoms with van der Waals surface area (Å²) in [5, 5.41) is 0. The lowest BCUT2D eigenvalue weighted by Gasteiger charge is -2.11. The van der Waals surface area contributed by atoms with Crippen LogP contribution < -0.4 is 16.2 Å². The number of rotatable bonds is 5. The molecule has 3 aromatic heterocycles. The highest BCUT2D eigenvalue weighted by Crippen LogP contribution is 2.24. The molecule has 0 amide bonds. The van der Waals surface area contributed by atoms with Gasteiger partial charge in [-0.3, -0.25) is 0 Å². The molecule has 0 saturated carbocycles. The van der Waals surface area contributed by atoms with E-state index in [4.69, 9.17) is 21.2 Å². The third-order valence-electron chi connectivity index (χ3n) is 4.61. The molecule has 4 N–H and O–H groups in total. The fraction of sp³-hybridized carbons (Fsp3) is 0.190. The molecule has 0 aliphatic carbocycles. The number of hydrogen-bond donors (Lipinski definition) is 2. The maximum atomic E-state index is 5.94. The van der Waals surface area contributed by atoms with Gasteiger partial charge in [0.25, 0.3) is 0 Å². The Bertz CT molecular complexity index is 1130. The molecule has 1 aromatic carbocycles. The number of aryl methyl sites for hydroxylation is 2. The van der Waals surface area contributed by atoms with E-state index in [1.54, 1.807) is 12.1 Å². The minimum Gasteiger partial charge on any atom is -0.491 e. The molecule has 3 heterocycles. The molecular weight excluding hydrogens is 352 g/mol. The first-order valence-corrected chi connectivity index (χ1v) is 9.07. The van der Waals surface area contributed by atoms with Crippen molar-refractivity contribution in [1.29, 1.82) is 0 Å². The van der Waals surface area contributed by atoms with Crippen LogP contribution in [0.5, 0.6) is 5.75 Å². The van der Waals surface area contributed by atoms with E-state index in [1.165, 1.54) is 0 Å². The molecule has 7 nitrogen and oxygen atoms in total. The van der Waals surface area contributed by atoms with Crippen molar-refractivity contribution in [3.05, 3.63) is 59.9 Å². The summed E-state index contributed by atoms with van der Waals surface area (Å²) < 4.78 is 8.00. The number of benzene rings is 1. The second-order valence-electron chi connectivity index (χ2n) is 6.67. The molecule has 28 heavy (non-hydrogen) atoms. The Labute approximate surface area is 163 Å². The van der Waals surface area contributed by atoms with Crippen molar-refractivity contribution >= 4 is 22.8 Å². The zero-order valence-corrected chi connectivity index (χ0v) is 15.9. The Morgan fingerprint density at radius 3 is 2.43 bits per heavy atom. The quantitative estimate of drug-likeness (QED) is 0.555. The molecule has 0 radical (unpaired) electrons. The smallest absolute Gasteiger partial charge is 0.160 e. The molecule has 0 spiro atoms. The maximum absolute atomic E-state index is 5.94. The third kappa shape index (κ3) is 3.46. The highest BCUT2D eigenvalue weighted by Gasteiger charge is 2.12. The van der Waals surface area contributed by atoms with Gasteiger partial charge in [0.2, 0.25) is 0 Å². The van der Waals surface area contributed by atoms with E-state index in [0.29, 0.717) is 24.8 Å². The van der Waals surface area contributed by atoms with E-state index >= 15 is 0 Å². The summed E-state index contributed by atoms with van der Waals surface area (Å²) in [7, 11) is 0. The van der Waals surface area contributed by atoms with Gasteiger partial charge in [0.1, 0.15) is 35.3 Å². The lowest BCUT2D eigenvalue weighted by molar-refractivity contribution is 0.297. The van der Waals surface area contributed by atoms with Gasteiger partial charge in [-0.15, -0.1) is 0 Å². The predicted octanol–water partition coefficient (Wildman–Crippen LogP) is 3.35. The van der Waals surface area contributed by atoms with E-state index in [1.807, 2.05) is 50.2 Å². The van der Waals surface area contributed by atoms with Gasteiger partial charge in [-0.05, 0) is 49.7 Å². The number of ether oxygens (including phenoxy) is 1. The van der Waals surface area contributed by atoms with Crippen molar-refractivity contribution in [2.45, 2.75) is 20.4 Å². The molecule has 0 aliphatic rings. The zero-order valence-electron chi connectivity index (χ0n) is 15.9. The highest BCUT2D eigenvalue weighted by atomic mass is 16.5. The second kappa shape index (κ2) is 7.19. The molecule has 0 fully saturated rings. The number of hydrogen-bond acceptors (Lipinski definition) is 6. The summed E-state index contributed by atoms with van der Waals surface area (Å²) >= 11 is 0. The zero-order chi connectivity index (χ0) is 19.7. The largest absolute Gasteiger partial charge is 0.491 e. The minimum absolute atomic E-state index is 0.369.